The van der Waals surface area contributed by atoms with Crippen LogP contribution in [0.3, 0.4) is 0 Å². The van der Waals surface area contributed by atoms with Gasteiger partial charge in [-0.2, -0.15) is 0 Å². The van der Waals surface area contributed by atoms with E-state index in [1.54, 1.807) is 91.0 Å². The van der Waals surface area contributed by atoms with Crippen molar-refractivity contribution in [3.8, 4) is 0 Å². The molecule has 730 valence electrons. The van der Waals surface area contributed by atoms with E-state index in [2.05, 4.69) is 6.58 Å². The Kier molecular flexibility index (Phi) is 34.6. The van der Waals surface area contributed by atoms with Gasteiger partial charge in [-0.05, 0) is 133 Å². The summed E-state index contributed by atoms with van der Waals surface area (Å²) in [5.41, 5.74) is -0.963. The lowest BCUT2D eigenvalue weighted by Crippen LogP contribution is -2.69. The quantitative estimate of drug-likeness (QED) is 0.0198. The third-order valence-corrected chi connectivity index (χ3v) is 22.5. The zero-order valence-corrected chi connectivity index (χ0v) is 76.0. The van der Waals surface area contributed by atoms with Gasteiger partial charge in [-0.1, -0.05) is 206 Å². The summed E-state index contributed by atoms with van der Waals surface area (Å²) in [7, 11) is 0. The van der Waals surface area contributed by atoms with Crippen LogP contribution in [0.15, 0.2) is 346 Å². The number of hydrogen-bond donors (Lipinski definition) is 0. The van der Waals surface area contributed by atoms with Crippen LogP contribution < -0.4 is 0 Å². The molecular formula is C108H94O34. The molecule has 0 amide bonds. The van der Waals surface area contributed by atoms with Gasteiger partial charge in [0, 0.05) is 13.8 Å². The summed E-state index contributed by atoms with van der Waals surface area (Å²) in [6, 6.07) is 81.6. The van der Waals surface area contributed by atoms with Gasteiger partial charge in [0.05, 0.1) is 74.4 Å². The maximum absolute atomic E-state index is 15.4. The lowest BCUT2D eigenvalue weighted by molar-refractivity contribution is -0.383. The van der Waals surface area contributed by atoms with E-state index in [0.717, 1.165) is 13.8 Å². The highest BCUT2D eigenvalue weighted by molar-refractivity contribution is 5.95. The molecule has 0 aliphatic carbocycles. The van der Waals surface area contributed by atoms with Crippen molar-refractivity contribution in [2.75, 3.05) is 33.0 Å². The second kappa shape index (κ2) is 49.0. The van der Waals surface area contributed by atoms with E-state index in [0.29, 0.717) is 0 Å². The first-order valence-corrected chi connectivity index (χ1v) is 45.0. The van der Waals surface area contributed by atoms with Crippen LogP contribution in [0.4, 0.5) is 0 Å². The molecule has 4 aliphatic heterocycles. The van der Waals surface area contributed by atoms with Gasteiger partial charge in [-0.25, -0.2) is 52.7 Å². The first-order valence-electron chi connectivity index (χ1n) is 45.0. The average Bonchev–Trinajstić information content (AvgIpc) is 0.752. The van der Waals surface area contributed by atoms with Crippen LogP contribution in [0.1, 0.15) is 128 Å². The van der Waals surface area contributed by atoms with E-state index >= 15 is 28.8 Å². The lowest BCUT2D eigenvalue weighted by atomic mass is 9.94. The van der Waals surface area contributed by atoms with Crippen molar-refractivity contribution in [1.29, 1.82) is 0 Å². The van der Waals surface area contributed by atoms with Crippen LogP contribution in [0.2, 0.25) is 0 Å². The molecule has 34 nitrogen and oxygen atoms in total. The van der Waals surface area contributed by atoms with Crippen LogP contribution in [0.25, 0.3) is 0 Å². The van der Waals surface area contributed by atoms with Gasteiger partial charge in [0.2, 0.25) is 0 Å². The minimum Gasteiger partial charge on any atom is -0.459 e. The number of benzene rings is 11. The largest absolute Gasteiger partial charge is 0.459 e. The summed E-state index contributed by atoms with van der Waals surface area (Å²) in [6.45, 7) is 1.22. The molecule has 0 N–H and O–H groups in total. The van der Waals surface area contributed by atoms with Crippen molar-refractivity contribution in [1.82, 2.24) is 0 Å². The Morgan fingerprint density at radius 3 is 0.655 bits per heavy atom. The molecule has 142 heavy (non-hydrogen) atoms. The highest BCUT2D eigenvalue weighted by Gasteiger charge is 2.62. The Morgan fingerprint density at radius 1 is 0.211 bits per heavy atom. The number of ether oxygens (including phenoxy) is 21. The predicted molar refractivity (Wildman–Crippen MR) is 493 cm³/mol. The number of esters is 13. The molecule has 0 spiro atoms. The molecule has 4 aliphatic rings. The first kappa shape index (κ1) is 100. The van der Waals surface area contributed by atoms with Crippen LogP contribution in [0, 0.1) is 0 Å². The Labute approximate surface area is 812 Å². The molecule has 0 unspecified atom stereocenters. The van der Waals surface area contributed by atoms with Crippen LogP contribution in [0.5, 0.6) is 0 Å². The van der Waals surface area contributed by atoms with Gasteiger partial charge < -0.3 is 99.5 Å². The van der Waals surface area contributed by atoms with E-state index in [-0.39, 0.29) is 67.8 Å². The minimum absolute atomic E-state index is 0.00296. The monoisotopic (exact) mass is 1930 g/mol. The van der Waals surface area contributed by atoms with Crippen molar-refractivity contribution >= 4 is 77.6 Å². The Morgan fingerprint density at radius 2 is 0.394 bits per heavy atom. The van der Waals surface area contributed by atoms with E-state index in [9.17, 15) is 33.6 Å². The van der Waals surface area contributed by atoms with Crippen LogP contribution in [-0.4, -0.2) is 233 Å². The number of carbonyl (C=O) groups is 13. The second-order valence-corrected chi connectivity index (χ2v) is 32.3. The highest BCUT2D eigenvalue weighted by Crippen LogP contribution is 2.42. The molecule has 11 aromatic carbocycles. The van der Waals surface area contributed by atoms with Crippen molar-refractivity contribution in [3.05, 3.63) is 408 Å². The second-order valence-electron chi connectivity index (χ2n) is 32.3. The first-order chi connectivity index (χ1) is 69.1. The molecule has 0 bridgehead atoms. The third kappa shape index (κ3) is 26.1. The minimum atomic E-state index is -2.52. The zero-order valence-electron chi connectivity index (χ0n) is 76.0. The molecule has 0 saturated carbocycles. The van der Waals surface area contributed by atoms with Crippen LogP contribution in [-0.2, 0) is 109 Å². The smallest absolute Gasteiger partial charge is 0.338 e. The molecule has 4 saturated heterocycles. The molecule has 0 aromatic heterocycles. The number of rotatable bonds is 37. The summed E-state index contributed by atoms with van der Waals surface area (Å²) in [5.74, 6) is -14.6. The van der Waals surface area contributed by atoms with Crippen molar-refractivity contribution in [3.63, 3.8) is 0 Å². The van der Waals surface area contributed by atoms with Gasteiger partial charge in [0.15, 0.2) is 86.2 Å². The Hall–Kier alpha value is -16.1. The highest BCUT2D eigenvalue weighted by atomic mass is 16.8. The fourth-order valence-electron chi connectivity index (χ4n) is 15.8. The van der Waals surface area contributed by atoms with Gasteiger partial charge in [0.25, 0.3) is 0 Å². The van der Waals surface area contributed by atoms with Gasteiger partial charge in [-0.15, -0.1) is 6.58 Å². The van der Waals surface area contributed by atoms with Gasteiger partial charge in [0.1, 0.15) is 56.4 Å². The van der Waals surface area contributed by atoms with Gasteiger partial charge in [-0.3, -0.25) is 9.59 Å². The molecule has 34 heteroatoms. The van der Waals surface area contributed by atoms with Crippen molar-refractivity contribution < 1.29 is 162 Å². The maximum Gasteiger partial charge on any atom is 0.338 e. The van der Waals surface area contributed by atoms with E-state index < -0.39 is 227 Å². The van der Waals surface area contributed by atoms with Crippen molar-refractivity contribution in [2.45, 2.75) is 137 Å². The molecule has 15 rings (SSSR count). The molecule has 4 heterocycles. The summed E-state index contributed by atoms with van der Waals surface area (Å²) >= 11 is 0. The summed E-state index contributed by atoms with van der Waals surface area (Å²) in [5, 5.41) is 0. The van der Waals surface area contributed by atoms with Crippen molar-refractivity contribution in [2.24, 2.45) is 0 Å². The molecular weight excluding hydrogens is 1840 g/mol. The summed E-state index contributed by atoms with van der Waals surface area (Å²) in [6.07, 6.45) is -42.3. The lowest BCUT2D eigenvalue weighted by Gasteiger charge is -2.51. The fourth-order valence-corrected chi connectivity index (χ4v) is 15.8. The van der Waals surface area contributed by atoms with E-state index in [1.807, 2.05) is 0 Å². The number of carbonyl (C=O) groups excluding carboxylic acids is 13. The predicted octanol–water partition coefficient (Wildman–Crippen LogP) is 13.1. The average molecular weight is 1940 g/mol. The topological polar surface area (TPSA) is 416 Å². The molecule has 20 atom stereocenters. The van der Waals surface area contributed by atoms with Gasteiger partial charge >= 0.3 is 77.6 Å². The SMILES string of the molecule is C=CCO[C@H]1O[C@H](COC(=O)c2ccccc2)[C@@H](O[C@@H]2O[C@H](CO[C@H]3O[C@H](COC(=O)c4ccccc4)[C@@H](OC(=O)c4ccccc4)[C@H](OC(=O)c4ccccc4)[C@@H]3OC(=O)c3ccccc3)[C@@H](OC(C)=O)[C@H](O[C@H]3O[C@H](COC(=O)c4ccccc4)[C@@H](OC(=O)c4ccccc4)[C@H](OC(=O)c4ccccc4)[C@@H]3OC(=O)c3ccccc3)[C@H]2OC(C)=O)[C@H](OC(=O)c2ccccc2)[C@H]1OC(=O)c1ccccc1. The number of hydrogen-bond acceptors (Lipinski definition) is 34. The fraction of sp³-hybridized carbons (Fsp3) is 0.250. The maximum atomic E-state index is 15.4. The normalized spacial score (nSPS) is 23.8. The van der Waals surface area contributed by atoms with E-state index in [1.165, 1.54) is 249 Å². The molecule has 0 radical (unpaired) electrons. The molecule has 4 fully saturated rings. The summed E-state index contributed by atoms with van der Waals surface area (Å²) in [4.78, 5) is 194. The summed E-state index contributed by atoms with van der Waals surface area (Å²) < 4.78 is 139. The zero-order chi connectivity index (χ0) is 99.4. The van der Waals surface area contributed by atoms with Crippen LogP contribution >= 0.6 is 0 Å². The Bertz CT molecular complexity index is 6120. The van der Waals surface area contributed by atoms with E-state index in [4.69, 9.17) is 99.5 Å². The Balaban J connectivity index is 0.938. The molecule has 11 aromatic rings. The standard InChI is InChI=1S/C108H94O34/c1-4-60-122-105-90(138-102(119)75-54-32-13-33-55-75)88(137-101(118)74-52-30-12-31-53-74)85(80(129-105)63-125-96(113)69-42-20-7-21-43-69)141-107-92(128-66(3)110)89(142-108-93(140-104(121)77-58-36-15-37-59-77)87(136-100(117)73-50-28-11-29-51-73)84(134-98(115)71-46-24-9-25-47-71)79(131-108)62-124-95(112)68-40-18-6-19-41-68)82(127-65(2)109)81(132-107)64-126-106-91(139-103(120)76-56-34-14-35-57-76)86(135-99(116)72-48-26-10-27-49-72)83(133-97(114)70-44-22-8-23-45-70)78(130-106)61-123-94(111)67-38-16-5-17-39-67/h4-59,78-93,105-108H,1,60-64H2,2-3H3/t78-,79-,80-,81-,82-,83-,84-,85-,86+,87+,88+,89+,90-,91+,92-,93+,105+,106+,107+,108-/m1/s1. The third-order valence-electron chi connectivity index (χ3n) is 22.5.